The Morgan fingerprint density at radius 3 is 1.29 bits per heavy atom. The fourth-order valence-electron chi connectivity index (χ4n) is 3.75. The number of aromatic carboxylic acids is 2. The molecule has 6 nitrogen and oxygen atoms in total. The molecule has 0 fully saturated rings. The quantitative estimate of drug-likeness (QED) is 0.221. The molecule has 178 valence electrons. The summed E-state index contributed by atoms with van der Waals surface area (Å²) < 4.78 is 0. The Labute approximate surface area is 200 Å². The molecule has 3 rings (SSSR count). The molecule has 0 heterocycles. The average molecular weight is 461 g/mol. The molecule has 0 aliphatic heterocycles. The predicted octanol–water partition coefficient (Wildman–Crippen LogP) is 6.84. The Morgan fingerprint density at radius 2 is 1.00 bits per heavy atom. The van der Waals surface area contributed by atoms with Crippen molar-refractivity contribution >= 4 is 23.3 Å². The molecule has 0 amide bonds. The highest BCUT2D eigenvalue weighted by atomic mass is 16.4. The zero-order valence-corrected chi connectivity index (χ0v) is 19.7. The summed E-state index contributed by atoms with van der Waals surface area (Å²) >= 11 is 0. The number of carboxylic acids is 2. The molecule has 0 saturated heterocycles. The van der Waals surface area contributed by atoms with Crippen molar-refractivity contribution in [1.29, 1.82) is 0 Å². The van der Waals surface area contributed by atoms with Gasteiger partial charge in [0.05, 0.1) is 11.1 Å². The monoisotopic (exact) mass is 460 g/mol. The number of carboxylic acid groups (broad SMARTS) is 2. The first-order valence-corrected chi connectivity index (χ1v) is 11.8. The van der Waals surface area contributed by atoms with E-state index in [1.807, 2.05) is 24.3 Å². The molecule has 0 unspecified atom stereocenters. The van der Waals surface area contributed by atoms with Crippen LogP contribution >= 0.6 is 0 Å². The zero-order valence-electron chi connectivity index (χ0n) is 19.7. The summed E-state index contributed by atoms with van der Waals surface area (Å²) in [6.45, 7) is 5.92. The molecule has 0 aliphatic carbocycles. The van der Waals surface area contributed by atoms with Crippen LogP contribution in [0.1, 0.15) is 60.2 Å². The molecule has 6 heteroatoms. The van der Waals surface area contributed by atoms with Crippen LogP contribution < -0.4 is 10.6 Å². The van der Waals surface area contributed by atoms with Crippen LogP contribution in [0.5, 0.6) is 0 Å². The number of nitrogens with one attached hydrogen (secondary N) is 2. The van der Waals surface area contributed by atoms with Crippen LogP contribution in [0.3, 0.4) is 0 Å². The second-order valence-electron chi connectivity index (χ2n) is 8.27. The highest BCUT2D eigenvalue weighted by Crippen LogP contribution is 2.39. The van der Waals surface area contributed by atoms with E-state index in [-0.39, 0.29) is 11.1 Å². The van der Waals surface area contributed by atoms with Gasteiger partial charge in [0.25, 0.3) is 0 Å². The molecule has 0 saturated carbocycles. The second-order valence-corrected chi connectivity index (χ2v) is 8.27. The minimum atomic E-state index is -0.949. The van der Waals surface area contributed by atoms with Crippen molar-refractivity contribution in [1.82, 2.24) is 0 Å². The van der Waals surface area contributed by atoms with E-state index in [9.17, 15) is 19.8 Å². The summed E-state index contributed by atoms with van der Waals surface area (Å²) in [5.41, 5.74) is 6.23. The summed E-state index contributed by atoms with van der Waals surface area (Å²) in [4.78, 5) is 22.6. The molecule has 0 atom stereocenters. The van der Waals surface area contributed by atoms with Crippen LogP contribution in [0, 0.1) is 0 Å². The van der Waals surface area contributed by atoms with Crippen LogP contribution in [0.25, 0.3) is 22.3 Å². The van der Waals surface area contributed by atoms with Crippen LogP contribution in [0.15, 0.2) is 60.7 Å². The smallest absolute Gasteiger partial charge is 0.335 e. The number of hydrogen-bond donors (Lipinski definition) is 4. The minimum absolute atomic E-state index is 0.251. The van der Waals surface area contributed by atoms with Gasteiger partial charge >= 0.3 is 11.9 Å². The number of carbonyl (C=O) groups is 2. The highest BCUT2D eigenvalue weighted by Gasteiger charge is 2.15. The van der Waals surface area contributed by atoms with Gasteiger partial charge in [-0.05, 0) is 60.4 Å². The third-order valence-electron chi connectivity index (χ3n) is 5.73. The maximum Gasteiger partial charge on any atom is 0.335 e. The Kier molecular flexibility index (Phi) is 8.68. The lowest BCUT2D eigenvalue weighted by atomic mass is 9.95. The summed E-state index contributed by atoms with van der Waals surface area (Å²) in [6.07, 6.45) is 4.18. The number of anilines is 2. The fourth-order valence-corrected chi connectivity index (χ4v) is 3.75. The fraction of sp³-hybridized carbons (Fsp3) is 0.286. The van der Waals surface area contributed by atoms with Crippen molar-refractivity contribution in [3.8, 4) is 22.3 Å². The van der Waals surface area contributed by atoms with E-state index in [4.69, 9.17) is 0 Å². The van der Waals surface area contributed by atoms with E-state index in [1.165, 1.54) is 0 Å². The lowest BCUT2D eigenvalue weighted by Gasteiger charge is -2.20. The number of unbranched alkanes of at least 4 members (excludes halogenated alkanes) is 2. The van der Waals surface area contributed by atoms with Gasteiger partial charge in [0.15, 0.2) is 0 Å². The van der Waals surface area contributed by atoms with Crippen molar-refractivity contribution in [3.05, 3.63) is 71.8 Å². The molecule has 4 N–H and O–H groups in total. The van der Waals surface area contributed by atoms with E-state index in [0.717, 1.165) is 72.4 Å². The summed E-state index contributed by atoms with van der Waals surface area (Å²) in [5.74, 6) is -1.90. The summed E-state index contributed by atoms with van der Waals surface area (Å²) in [7, 11) is 0. The van der Waals surface area contributed by atoms with Gasteiger partial charge in [0, 0.05) is 35.6 Å². The molecule has 3 aromatic rings. The van der Waals surface area contributed by atoms with Crippen molar-refractivity contribution in [3.63, 3.8) is 0 Å². The highest BCUT2D eigenvalue weighted by molar-refractivity contribution is 5.93. The Balaban J connectivity index is 2.11. The SMILES string of the molecule is CCCCNc1cc(-c2ccc(C(=O)O)cc2)c(NCCCC)cc1-c1ccc(C(=O)O)cc1. The molecule has 0 bridgehead atoms. The molecule has 3 aromatic carbocycles. The summed E-state index contributed by atoms with van der Waals surface area (Å²) in [5, 5.41) is 25.6. The predicted molar refractivity (Wildman–Crippen MR) is 138 cm³/mol. The van der Waals surface area contributed by atoms with E-state index in [0.29, 0.717) is 0 Å². The van der Waals surface area contributed by atoms with Gasteiger partial charge in [-0.3, -0.25) is 0 Å². The van der Waals surface area contributed by atoms with Crippen molar-refractivity contribution < 1.29 is 19.8 Å². The Morgan fingerprint density at radius 1 is 0.647 bits per heavy atom. The molecule has 0 spiro atoms. The van der Waals surface area contributed by atoms with Gasteiger partial charge in [-0.25, -0.2) is 9.59 Å². The molecular formula is C28H32N2O4. The van der Waals surface area contributed by atoms with Crippen molar-refractivity contribution in [2.24, 2.45) is 0 Å². The van der Waals surface area contributed by atoms with Crippen LogP contribution in [-0.2, 0) is 0 Å². The first kappa shape index (κ1) is 24.8. The molecular weight excluding hydrogens is 428 g/mol. The second kappa shape index (κ2) is 11.9. The van der Waals surface area contributed by atoms with E-state index in [1.54, 1.807) is 24.3 Å². The zero-order chi connectivity index (χ0) is 24.5. The minimum Gasteiger partial charge on any atom is -0.478 e. The topological polar surface area (TPSA) is 98.7 Å². The van der Waals surface area contributed by atoms with Gasteiger partial charge < -0.3 is 20.8 Å². The lowest BCUT2D eigenvalue weighted by Crippen LogP contribution is -2.07. The van der Waals surface area contributed by atoms with Crippen LogP contribution in [0.4, 0.5) is 11.4 Å². The maximum absolute atomic E-state index is 11.3. The van der Waals surface area contributed by atoms with Gasteiger partial charge in [-0.2, -0.15) is 0 Å². The molecule has 0 radical (unpaired) electrons. The standard InChI is InChI=1S/C28H32N2O4/c1-3-5-15-29-25-17-24(20-9-13-22(14-10-20)28(33)34)26(30-16-6-4-2)18-23(25)19-7-11-21(12-8-19)27(31)32/h7-14,17-18,29-30H,3-6,15-16H2,1-2H3,(H,31,32)(H,33,34). The van der Waals surface area contributed by atoms with Gasteiger partial charge in [-0.15, -0.1) is 0 Å². The van der Waals surface area contributed by atoms with Gasteiger partial charge in [0.1, 0.15) is 0 Å². The molecule has 0 aliphatic rings. The first-order valence-electron chi connectivity index (χ1n) is 11.8. The largest absolute Gasteiger partial charge is 0.478 e. The maximum atomic E-state index is 11.3. The van der Waals surface area contributed by atoms with Crippen LogP contribution in [0.2, 0.25) is 0 Å². The first-order chi connectivity index (χ1) is 16.4. The van der Waals surface area contributed by atoms with E-state index < -0.39 is 11.9 Å². The van der Waals surface area contributed by atoms with E-state index >= 15 is 0 Å². The number of rotatable bonds is 12. The van der Waals surface area contributed by atoms with E-state index in [2.05, 4.69) is 36.6 Å². The van der Waals surface area contributed by atoms with Gasteiger partial charge in [0.2, 0.25) is 0 Å². The number of benzene rings is 3. The summed E-state index contributed by atoms with van der Waals surface area (Å²) in [6, 6.07) is 18.0. The Hall–Kier alpha value is -3.80. The molecule has 34 heavy (non-hydrogen) atoms. The third kappa shape index (κ3) is 6.16. The third-order valence-corrected chi connectivity index (χ3v) is 5.73. The van der Waals surface area contributed by atoms with Crippen molar-refractivity contribution in [2.45, 2.75) is 39.5 Å². The Bertz CT molecular complexity index is 1030. The number of hydrogen-bond acceptors (Lipinski definition) is 4. The van der Waals surface area contributed by atoms with Gasteiger partial charge in [-0.1, -0.05) is 51.0 Å². The van der Waals surface area contributed by atoms with Crippen LogP contribution in [-0.4, -0.2) is 35.2 Å². The molecule has 0 aromatic heterocycles. The van der Waals surface area contributed by atoms with Crippen molar-refractivity contribution in [2.75, 3.05) is 23.7 Å². The average Bonchev–Trinajstić information content (AvgIpc) is 2.85. The normalized spacial score (nSPS) is 10.6. The lowest BCUT2D eigenvalue weighted by molar-refractivity contribution is 0.0686.